The van der Waals surface area contributed by atoms with Gasteiger partial charge < -0.3 is 54.6 Å². The number of aromatic hydroxyl groups is 3. The third-order valence-corrected chi connectivity index (χ3v) is 10.7. The van der Waals surface area contributed by atoms with Crippen LogP contribution in [0, 0.1) is 30.6 Å². The summed E-state index contributed by atoms with van der Waals surface area (Å²) in [5, 5.41) is 63.7. The van der Waals surface area contributed by atoms with Gasteiger partial charge in [-0.25, -0.2) is 0 Å². The van der Waals surface area contributed by atoms with Crippen LogP contribution in [-0.2, 0) is 28.6 Å². The molecule has 3 aliphatic heterocycles. The van der Waals surface area contributed by atoms with Gasteiger partial charge in [0.05, 0.1) is 53.0 Å². The van der Waals surface area contributed by atoms with E-state index in [0.717, 1.165) is 6.21 Å². The number of hydrogen-bond donors (Lipinski definition) is 6. The first-order chi connectivity index (χ1) is 26.8. The van der Waals surface area contributed by atoms with Crippen molar-refractivity contribution in [1.82, 2.24) is 0 Å². The van der Waals surface area contributed by atoms with Crippen molar-refractivity contribution in [2.75, 3.05) is 19.0 Å². The smallest absolute Gasteiger partial charge is 0.312 e. The molecule has 3 heterocycles. The van der Waals surface area contributed by atoms with Gasteiger partial charge in [0, 0.05) is 61.2 Å². The number of benzene rings is 2. The topological polar surface area (TPSA) is 223 Å². The zero-order valence-electron chi connectivity index (χ0n) is 33.9. The van der Waals surface area contributed by atoms with Gasteiger partial charge in [-0.1, -0.05) is 57.2 Å². The number of Topliss-reactive ketones (excluding diaryl/α,β-unsaturated/α-hetero) is 1. The Morgan fingerprint density at radius 2 is 1.67 bits per heavy atom. The van der Waals surface area contributed by atoms with Crippen LogP contribution in [0.4, 0.5) is 5.69 Å². The highest BCUT2D eigenvalue weighted by molar-refractivity contribution is 6.23. The second kappa shape index (κ2) is 18.3. The van der Waals surface area contributed by atoms with Crippen molar-refractivity contribution in [2.45, 2.75) is 92.5 Å². The number of oxime groups is 1. The summed E-state index contributed by atoms with van der Waals surface area (Å²) in [5.74, 6) is -8.67. The number of carbonyl (C=O) groups excluding carboxylic acids is 3. The van der Waals surface area contributed by atoms with Gasteiger partial charge in [0.2, 0.25) is 0 Å². The van der Waals surface area contributed by atoms with Crippen LogP contribution in [-0.4, -0.2) is 93.3 Å². The van der Waals surface area contributed by atoms with Crippen LogP contribution in [0.1, 0.15) is 76.9 Å². The highest BCUT2D eigenvalue weighted by atomic mass is 16.7. The molecule has 2 aromatic carbocycles. The number of ether oxygens (including phenoxy) is 4. The number of carbonyl (C=O) groups is 3. The van der Waals surface area contributed by atoms with Gasteiger partial charge in [0.25, 0.3) is 11.7 Å². The van der Waals surface area contributed by atoms with E-state index in [4.69, 9.17) is 23.8 Å². The molecule has 0 aromatic heterocycles. The summed E-state index contributed by atoms with van der Waals surface area (Å²) >= 11 is 0. The van der Waals surface area contributed by atoms with E-state index in [2.05, 4.69) is 10.5 Å². The second-order valence-corrected chi connectivity index (χ2v) is 14.7. The Morgan fingerprint density at radius 3 is 2.30 bits per heavy atom. The van der Waals surface area contributed by atoms with Crippen LogP contribution in [0.5, 0.6) is 23.0 Å². The average molecular weight is 795 g/mol. The fourth-order valence-electron chi connectivity index (χ4n) is 7.14. The molecule has 0 saturated heterocycles. The van der Waals surface area contributed by atoms with Gasteiger partial charge in [-0.2, -0.15) is 0 Å². The summed E-state index contributed by atoms with van der Waals surface area (Å²) in [6.07, 6.45) is 7.87. The molecule has 0 radical (unpaired) electrons. The van der Waals surface area contributed by atoms with E-state index < -0.39 is 88.8 Å². The minimum atomic E-state index is -2.06. The lowest BCUT2D eigenvalue weighted by Gasteiger charge is -2.38. The number of phenols is 3. The molecule has 310 valence electrons. The number of allylic oxidation sites excluding steroid dienone is 3. The normalized spacial score (nSPS) is 30.8. The predicted molar refractivity (Wildman–Crippen MR) is 212 cm³/mol. The molecular formula is C42H54N2O13. The summed E-state index contributed by atoms with van der Waals surface area (Å²) in [6, 6.07) is 0. The number of ketones is 1. The van der Waals surface area contributed by atoms with E-state index in [1.807, 2.05) is 0 Å². The summed E-state index contributed by atoms with van der Waals surface area (Å²) < 4.78 is 23.4. The molecule has 2 aromatic rings. The van der Waals surface area contributed by atoms with Gasteiger partial charge in [-0.3, -0.25) is 14.4 Å². The zero-order chi connectivity index (χ0) is 42.5. The molecule has 9 atom stereocenters. The number of aliphatic hydroxyl groups is 2. The van der Waals surface area contributed by atoms with Crippen molar-refractivity contribution >= 4 is 40.3 Å². The van der Waals surface area contributed by atoms with E-state index in [1.165, 1.54) is 53.2 Å². The van der Waals surface area contributed by atoms with Crippen molar-refractivity contribution in [2.24, 2.45) is 28.8 Å². The number of amides is 1. The van der Waals surface area contributed by atoms with Crippen LogP contribution < -0.4 is 10.1 Å². The number of rotatable bonds is 6. The SMILES string of the molecule is C/C=C/CO/N=C/c1c2c(O)c3c(O)c(C)c4c(c3c1O)C(=O)[C@@](C)(O/C=C/[C@H](OC)[C@@H](C)[C@@H](OC(C)=O)[C@H](C)[C@H](O)[C@H](C)[C@@H](O)[C@@H](C)/C=C/C=C(/C)C(=O)N2)O4. The Morgan fingerprint density at radius 1 is 0.982 bits per heavy atom. The molecule has 0 unspecified atom stereocenters. The number of aliphatic hydroxyl groups excluding tert-OH is 2. The van der Waals surface area contributed by atoms with Crippen LogP contribution in [0.15, 0.2) is 53.4 Å². The Labute approximate surface area is 331 Å². The quantitative estimate of drug-likeness (QED) is 0.0395. The van der Waals surface area contributed by atoms with Crippen molar-refractivity contribution < 1.29 is 63.7 Å². The van der Waals surface area contributed by atoms with Gasteiger partial charge in [0.15, 0.2) is 5.75 Å². The maximum atomic E-state index is 14.3. The van der Waals surface area contributed by atoms with Crippen LogP contribution in [0.2, 0.25) is 0 Å². The van der Waals surface area contributed by atoms with Crippen molar-refractivity contribution in [3.63, 3.8) is 0 Å². The molecule has 0 aliphatic carbocycles. The van der Waals surface area contributed by atoms with E-state index >= 15 is 0 Å². The summed E-state index contributed by atoms with van der Waals surface area (Å²) in [7, 11) is 1.42. The highest BCUT2D eigenvalue weighted by Gasteiger charge is 2.50. The summed E-state index contributed by atoms with van der Waals surface area (Å²) in [6.45, 7) is 14.2. The number of nitrogens with zero attached hydrogens (tertiary/aromatic N) is 1. The molecule has 0 spiro atoms. The number of methoxy groups -OCH3 is 1. The molecule has 57 heavy (non-hydrogen) atoms. The monoisotopic (exact) mass is 794 g/mol. The first kappa shape index (κ1) is 44.3. The number of esters is 1. The number of nitrogens with one attached hydrogen (secondary N) is 1. The highest BCUT2D eigenvalue weighted by Crippen LogP contribution is 2.55. The maximum absolute atomic E-state index is 14.3. The minimum absolute atomic E-state index is 0.0302. The Hall–Kier alpha value is -5.38. The van der Waals surface area contributed by atoms with Crippen LogP contribution >= 0.6 is 0 Å². The van der Waals surface area contributed by atoms with Gasteiger partial charge in [0.1, 0.15) is 30.0 Å². The van der Waals surface area contributed by atoms with Crippen molar-refractivity contribution in [1.29, 1.82) is 0 Å². The average Bonchev–Trinajstić information content (AvgIpc) is 3.43. The fraction of sp³-hybridized carbons (Fsp3) is 0.476. The molecule has 5 bridgehead atoms. The standard InChI is InChI=1S/C42H54N2O13/c1-11-12-17-55-43-19-27-32-37(50)30-29(36(27)49)31-39(25(7)35(30)48)57-42(9,40(31)51)54-18-16-28(53-10)22(4)38(56-26(8)45)24(6)34(47)23(5)33(46)20(2)14-13-15-21(3)41(52)44-32/h11-16,18-20,22-24,28,33-34,38,46-50H,17H2,1-10H3,(H,44,52)/b12-11+,14-13+,18-16+,21-15-,43-19+/t20-,22+,23+,24+,28-,33-,34+,38+,42-/m0/s1. The molecule has 3 aliphatic rings. The lowest BCUT2D eigenvalue weighted by atomic mass is 9.78. The predicted octanol–water partition coefficient (Wildman–Crippen LogP) is 5.68. The molecule has 1 amide bonds. The Balaban J connectivity index is 1.97. The third kappa shape index (κ3) is 8.95. The molecule has 15 heteroatoms. The zero-order valence-corrected chi connectivity index (χ0v) is 33.9. The van der Waals surface area contributed by atoms with Crippen molar-refractivity contribution in [3.05, 3.63) is 65.0 Å². The molecular weight excluding hydrogens is 740 g/mol. The lowest BCUT2D eigenvalue weighted by molar-refractivity contribution is -0.160. The molecule has 6 N–H and O–H groups in total. The maximum Gasteiger partial charge on any atom is 0.312 e. The Kier molecular flexibility index (Phi) is 14.2. The van der Waals surface area contributed by atoms with Gasteiger partial charge in [-0.15, -0.1) is 0 Å². The Bertz CT molecular complexity index is 2020. The number of hydrogen-bond acceptors (Lipinski definition) is 14. The van der Waals surface area contributed by atoms with E-state index in [0.29, 0.717) is 0 Å². The summed E-state index contributed by atoms with van der Waals surface area (Å²) in [5.41, 5.74) is -0.647. The minimum Gasteiger partial charge on any atom is -0.507 e. The molecule has 0 fully saturated rings. The molecule has 15 nitrogen and oxygen atoms in total. The largest absolute Gasteiger partial charge is 0.507 e. The second-order valence-electron chi connectivity index (χ2n) is 14.7. The molecule has 5 rings (SSSR count). The van der Waals surface area contributed by atoms with Crippen LogP contribution in [0.25, 0.3) is 10.8 Å². The number of phenolic OH excluding ortho intramolecular Hbond substituents is 3. The summed E-state index contributed by atoms with van der Waals surface area (Å²) in [4.78, 5) is 45.4. The first-order valence-electron chi connectivity index (χ1n) is 18.7. The van der Waals surface area contributed by atoms with E-state index in [-0.39, 0.29) is 51.1 Å². The van der Waals surface area contributed by atoms with E-state index in [9.17, 15) is 39.9 Å². The van der Waals surface area contributed by atoms with Crippen LogP contribution in [0.3, 0.4) is 0 Å². The van der Waals surface area contributed by atoms with Gasteiger partial charge in [-0.05, 0) is 32.9 Å². The number of anilines is 1. The number of fused-ring (bicyclic) bond motifs is 14. The van der Waals surface area contributed by atoms with Gasteiger partial charge >= 0.3 is 11.8 Å². The van der Waals surface area contributed by atoms with E-state index in [1.54, 1.807) is 58.9 Å². The van der Waals surface area contributed by atoms with Crippen molar-refractivity contribution in [3.8, 4) is 23.0 Å². The third-order valence-electron chi connectivity index (χ3n) is 10.7. The molecule has 0 saturated carbocycles. The first-order valence-corrected chi connectivity index (χ1v) is 18.7. The fourth-order valence-corrected chi connectivity index (χ4v) is 7.14. The lowest BCUT2D eigenvalue weighted by Crippen LogP contribution is -2.46.